The van der Waals surface area contributed by atoms with Gasteiger partial charge in [-0.15, -0.1) is 5.10 Å². The predicted octanol–water partition coefficient (Wildman–Crippen LogP) is 4.31. The second kappa shape index (κ2) is 7.49. The summed E-state index contributed by atoms with van der Waals surface area (Å²) in [6.07, 6.45) is 0. The van der Waals surface area contributed by atoms with Crippen molar-refractivity contribution in [1.82, 2.24) is 24.4 Å². The number of aryl methyl sites for hydroxylation is 1. The highest BCUT2D eigenvalue weighted by Gasteiger charge is 2.18. The first-order valence-electron chi connectivity index (χ1n) is 8.41. The molecule has 28 heavy (non-hydrogen) atoms. The Morgan fingerprint density at radius 3 is 2.75 bits per heavy atom. The zero-order chi connectivity index (χ0) is 19.7. The third-order valence-electron chi connectivity index (χ3n) is 4.09. The summed E-state index contributed by atoms with van der Waals surface area (Å²) in [7, 11) is 0. The molecule has 1 amide bonds. The number of nitrogens with one attached hydrogen (secondary N) is 1. The van der Waals surface area contributed by atoms with E-state index in [-0.39, 0.29) is 5.91 Å². The van der Waals surface area contributed by atoms with Crippen molar-refractivity contribution < 1.29 is 4.79 Å². The summed E-state index contributed by atoms with van der Waals surface area (Å²) >= 11 is 7.02. The molecule has 2 heterocycles. The van der Waals surface area contributed by atoms with Crippen molar-refractivity contribution in [2.45, 2.75) is 13.8 Å². The van der Waals surface area contributed by atoms with E-state index in [1.807, 2.05) is 38.1 Å². The van der Waals surface area contributed by atoms with E-state index >= 15 is 0 Å². The minimum Gasteiger partial charge on any atom is -0.297 e. The quantitative estimate of drug-likeness (QED) is 0.541. The van der Waals surface area contributed by atoms with Crippen LogP contribution in [0, 0.1) is 13.8 Å². The van der Waals surface area contributed by atoms with Crippen molar-refractivity contribution in [3.8, 4) is 17.2 Å². The monoisotopic (exact) mass is 410 g/mol. The number of anilines is 1. The van der Waals surface area contributed by atoms with Crippen LogP contribution in [0.3, 0.4) is 0 Å². The number of aromatic nitrogens is 5. The van der Waals surface area contributed by atoms with E-state index in [1.165, 1.54) is 0 Å². The molecule has 0 aliphatic heterocycles. The van der Waals surface area contributed by atoms with E-state index in [2.05, 4.69) is 25.0 Å². The number of rotatable bonds is 4. The van der Waals surface area contributed by atoms with Gasteiger partial charge in [0.05, 0.1) is 11.4 Å². The lowest BCUT2D eigenvalue weighted by Gasteiger charge is -2.03. The first-order valence-corrected chi connectivity index (χ1v) is 9.57. The maximum atomic E-state index is 12.3. The SMILES string of the molecule is Cc1cccc(-n2nnc(-c3nsc(NC(=O)c4cccc(Cl)c4)n3)c2C)c1. The minimum absolute atomic E-state index is 0.301. The van der Waals surface area contributed by atoms with Gasteiger partial charge < -0.3 is 0 Å². The molecule has 1 N–H and O–H groups in total. The summed E-state index contributed by atoms with van der Waals surface area (Å²) in [4.78, 5) is 16.7. The van der Waals surface area contributed by atoms with Crippen molar-refractivity contribution in [2.24, 2.45) is 0 Å². The Balaban J connectivity index is 1.57. The molecule has 0 unspecified atom stereocenters. The molecule has 0 saturated heterocycles. The van der Waals surface area contributed by atoms with E-state index < -0.39 is 0 Å². The van der Waals surface area contributed by atoms with Crippen molar-refractivity contribution in [3.05, 3.63) is 70.4 Å². The van der Waals surface area contributed by atoms with Crippen LogP contribution in [0.2, 0.25) is 5.02 Å². The highest BCUT2D eigenvalue weighted by molar-refractivity contribution is 7.10. The van der Waals surface area contributed by atoms with Crippen LogP contribution in [0.4, 0.5) is 5.13 Å². The van der Waals surface area contributed by atoms with Crippen LogP contribution in [0.25, 0.3) is 17.2 Å². The van der Waals surface area contributed by atoms with Gasteiger partial charge in [0.25, 0.3) is 5.91 Å². The number of carbonyl (C=O) groups is 1. The minimum atomic E-state index is -0.301. The number of benzene rings is 2. The zero-order valence-corrected chi connectivity index (χ0v) is 16.6. The first kappa shape index (κ1) is 18.3. The molecule has 0 fully saturated rings. The van der Waals surface area contributed by atoms with Crippen LogP contribution in [-0.4, -0.2) is 30.3 Å². The van der Waals surface area contributed by atoms with Gasteiger partial charge in [0.1, 0.15) is 0 Å². The Kier molecular flexibility index (Phi) is 4.89. The van der Waals surface area contributed by atoms with E-state index in [1.54, 1.807) is 28.9 Å². The molecule has 2 aromatic heterocycles. The van der Waals surface area contributed by atoms with E-state index in [0.717, 1.165) is 28.5 Å². The summed E-state index contributed by atoms with van der Waals surface area (Å²) < 4.78 is 6.05. The molecule has 0 aliphatic carbocycles. The normalized spacial score (nSPS) is 10.8. The standard InChI is InChI=1S/C19H15ClN6OS/c1-11-5-3-8-15(9-11)26-12(2)16(23-25-26)17-21-19(28-24-17)22-18(27)13-6-4-7-14(20)10-13/h3-10H,1-2H3,(H,21,22,24,27). The molecule has 9 heteroatoms. The van der Waals surface area contributed by atoms with Crippen LogP contribution in [0.1, 0.15) is 21.6 Å². The second-order valence-corrected chi connectivity index (χ2v) is 7.35. The van der Waals surface area contributed by atoms with Crippen LogP contribution in [0.15, 0.2) is 48.5 Å². The third kappa shape index (κ3) is 3.64. The van der Waals surface area contributed by atoms with E-state index in [9.17, 15) is 4.79 Å². The zero-order valence-electron chi connectivity index (χ0n) is 15.0. The average molecular weight is 411 g/mol. The van der Waals surface area contributed by atoms with Gasteiger partial charge in [-0.3, -0.25) is 10.1 Å². The van der Waals surface area contributed by atoms with Gasteiger partial charge in [-0.1, -0.05) is 35.0 Å². The number of halogens is 1. The van der Waals surface area contributed by atoms with Gasteiger partial charge in [-0.25, -0.2) is 4.68 Å². The summed E-state index contributed by atoms with van der Waals surface area (Å²) in [5, 5.41) is 12.0. The highest BCUT2D eigenvalue weighted by atomic mass is 35.5. The average Bonchev–Trinajstić information content (AvgIpc) is 3.28. The molecule has 4 rings (SSSR count). The lowest BCUT2D eigenvalue weighted by Crippen LogP contribution is -2.11. The fourth-order valence-corrected chi connectivity index (χ4v) is 3.47. The summed E-state index contributed by atoms with van der Waals surface area (Å²) in [5.41, 5.74) is 3.88. The molecule has 0 atom stereocenters. The van der Waals surface area contributed by atoms with Crippen molar-refractivity contribution >= 4 is 34.2 Å². The maximum Gasteiger partial charge on any atom is 0.257 e. The molecule has 0 radical (unpaired) electrons. The third-order valence-corrected chi connectivity index (χ3v) is 4.95. The lowest BCUT2D eigenvalue weighted by molar-refractivity contribution is 0.102. The molecular formula is C19H15ClN6OS. The Morgan fingerprint density at radius 1 is 1.14 bits per heavy atom. The number of amides is 1. The van der Waals surface area contributed by atoms with Crippen LogP contribution < -0.4 is 5.32 Å². The molecule has 0 saturated carbocycles. The highest BCUT2D eigenvalue weighted by Crippen LogP contribution is 2.24. The smallest absolute Gasteiger partial charge is 0.257 e. The fourth-order valence-electron chi connectivity index (χ4n) is 2.71. The molecule has 2 aromatic carbocycles. The number of hydrogen-bond donors (Lipinski definition) is 1. The predicted molar refractivity (Wildman–Crippen MR) is 109 cm³/mol. The molecule has 0 aliphatic rings. The number of nitrogens with zero attached hydrogens (tertiary/aromatic N) is 5. The first-order chi connectivity index (χ1) is 13.5. The van der Waals surface area contributed by atoms with Crippen molar-refractivity contribution in [1.29, 1.82) is 0 Å². The van der Waals surface area contributed by atoms with Gasteiger partial charge in [0, 0.05) is 22.1 Å². The van der Waals surface area contributed by atoms with Crippen molar-refractivity contribution in [2.75, 3.05) is 5.32 Å². The van der Waals surface area contributed by atoms with Crippen LogP contribution in [0.5, 0.6) is 0 Å². The largest absolute Gasteiger partial charge is 0.297 e. The molecule has 4 aromatic rings. The fraction of sp³-hybridized carbons (Fsp3) is 0.105. The molecular weight excluding hydrogens is 396 g/mol. The maximum absolute atomic E-state index is 12.3. The molecule has 0 spiro atoms. The van der Waals surface area contributed by atoms with E-state index in [4.69, 9.17) is 11.6 Å². The summed E-state index contributed by atoms with van der Waals surface area (Å²) in [5.74, 6) is 0.119. The second-order valence-electron chi connectivity index (χ2n) is 6.16. The molecule has 140 valence electrons. The summed E-state index contributed by atoms with van der Waals surface area (Å²) in [6, 6.07) is 14.7. The van der Waals surface area contributed by atoms with Crippen LogP contribution >= 0.6 is 23.1 Å². The van der Waals surface area contributed by atoms with Crippen molar-refractivity contribution in [3.63, 3.8) is 0 Å². The topological polar surface area (TPSA) is 85.6 Å². The number of carbonyl (C=O) groups excluding carboxylic acids is 1. The Labute approximate surface area is 170 Å². The summed E-state index contributed by atoms with van der Waals surface area (Å²) in [6.45, 7) is 3.93. The number of hydrogen-bond acceptors (Lipinski definition) is 6. The van der Waals surface area contributed by atoms with Gasteiger partial charge >= 0.3 is 0 Å². The van der Waals surface area contributed by atoms with Crippen LogP contribution in [-0.2, 0) is 0 Å². The van der Waals surface area contributed by atoms with Gasteiger partial charge in [-0.2, -0.15) is 9.36 Å². The Hall–Kier alpha value is -3.10. The van der Waals surface area contributed by atoms with E-state index in [0.29, 0.717) is 27.2 Å². The van der Waals surface area contributed by atoms with Gasteiger partial charge in [-0.05, 0) is 49.7 Å². The Bertz CT molecular complexity index is 1170. The molecule has 7 nitrogen and oxygen atoms in total. The van der Waals surface area contributed by atoms with Gasteiger partial charge in [0.15, 0.2) is 11.5 Å². The lowest BCUT2D eigenvalue weighted by atomic mass is 10.2. The Morgan fingerprint density at radius 2 is 1.96 bits per heavy atom. The molecule has 0 bridgehead atoms. The van der Waals surface area contributed by atoms with Gasteiger partial charge in [0.2, 0.25) is 5.13 Å².